The lowest BCUT2D eigenvalue weighted by Gasteiger charge is -2.32. The van der Waals surface area contributed by atoms with Crippen molar-refractivity contribution in [2.75, 3.05) is 19.9 Å². The molecule has 4 heteroatoms. The molecule has 1 saturated heterocycles. The molecule has 1 aliphatic heterocycles. The lowest BCUT2D eigenvalue weighted by molar-refractivity contribution is 0.197. The van der Waals surface area contributed by atoms with E-state index in [2.05, 4.69) is 29.4 Å². The van der Waals surface area contributed by atoms with Gasteiger partial charge >= 0.3 is 0 Å². The second-order valence-electron chi connectivity index (χ2n) is 4.27. The van der Waals surface area contributed by atoms with Gasteiger partial charge in [0.1, 0.15) is 0 Å². The van der Waals surface area contributed by atoms with Gasteiger partial charge in [-0.25, -0.2) is 0 Å². The van der Waals surface area contributed by atoms with Gasteiger partial charge in [0.25, 0.3) is 0 Å². The van der Waals surface area contributed by atoms with Gasteiger partial charge in [-0.05, 0) is 24.6 Å². The first-order valence-corrected chi connectivity index (χ1v) is 6.41. The summed E-state index contributed by atoms with van der Waals surface area (Å²) in [6.45, 7) is 7.52. The highest BCUT2D eigenvalue weighted by Gasteiger charge is 2.15. The Morgan fingerprint density at radius 2 is 2.00 bits per heavy atom. The third kappa shape index (κ3) is 4.80. The molecule has 1 atom stereocenters. The van der Waals surface area contributed by atoms with Gasteiger partial charge in [0, 0.05) is 6.54 Å². The van der Waals surface area contributed by atoms with E-state index >= 15 is 0 Å². The third-order valence-corrected chi connectivity index (χ3v) is 3.27. The van der Waals surface area contributed by atoms with Gasteiger partial charge in [-0.1, -0.05) is 33.1 Å². The van der Waals surface area contributed by atoms with Crippen molar-refractivity contribution in [1.82, 2.24) is 15.5 Å². The number of hydrogen-bond acceptors (Lipinski definition) is 2. The van der Waals surface area contributed by atoms with Gasteiger partial charge in [-0.15, -0.1) is 0 Å². The molecule has 0 aliphatic carbocycles. The van der Waals surface area contributed by atoms with Crippen LogP contribution in [-0.4, -0.2) is 29.9 Å². The first-order valence-electron chi connectivity index (χ1n) is 6.00. The highest BCUT2D eigenvalue weighted by molar-refractivity contribution is 7.80. The van der Waals surface area contributed by atoms with Crippen LogP contribution in [0.4, 0.5) is 0 Å². The Kier molecular flexibility index (Phi) is 5.95. The van der Waals surface area contributed by atoms with Crippen LogP contribution in [0.15, 0.2) is 0 Å². The number of nitrogens with one attached hydrogen (secondary N) is 2. The van der Waals surface area contributed by atoms with Crippen molar-refractivity contribution < 1.29 is 0 Å². The lowest BCUT2D eigenvalue weighted by atomic mass is 9.99. The SMILES string of the molecule is CCCC[C@H](CC)CN1CNC(=S)NC1. The van der Waals surface area contributed by atoms with Crippen molar-refractivity contribution in [3.63, 3.8) is 0 Å². The van der Waals surface area contributed by atoms with E-state index in [1.807, 2.05) is 0 Å². The fraction of sp³-hybridized carbons (Fsp3) is 0.909. The largest absolute Gasteiger partial charge is 0.350 e. The second kappa shape index (κ2) is 7.01. The number of unbranched alkanes of at least 4 members (excludes halogenated alkanes) is 1. The van der Waals surface area contributed by atoms with Gasteiger partial charge in [0.2, 0.25) is 0 Å². The summed E-state index contributed by atoms with van der Waals surface area (Å²) >= 11 is 5.02. The topological polar surface area (TPSA) is 27.3 Å². The van der Waals surface area contributed by atoms with Gasteiger partial charge in [-0.2, -0.15) is 0 Å². The molecule has 0 unspecified atom stereocenters. The molecule has 0 spiro atoms. The van der Waals surface area contributed by atoms with Crippen molar-refractivity contribution in [3.05, 3.63) is 0 Å². The Balaban J connectivity index is 2.22. The van der Waals surface area contributed by atoms with Crippen molar-refractivity contribution in [3.8, 4) is 0 Å². The highest BCUT2D eigenvalue weighted by Crippen LogP contribution is 2.14. The molecule has 0 radical (unpaired) electrons. The van der Waals surface area contributed by atoms with Gasteiger partial charge in [0.15, 0.2) is 5.11 Å². The first-order chi connectivity index (χ1) is 7.26. The van der Waals surface area contributed by atoms with Crippen LogP contribution in [0.1, 0.15) is 39.5 Å². The molecule has 1 aliphatic rings. The molecule has 0 aromatic rings. The second-order valence-corrected chi connectivity index (χ2v) is 4.68. The lowest BCUT2D eigenvalue weighted by Crippen LogP contribution is -2.54. The standard InChI is InChI=1S/C11H23N3S/c1-3-5-6-10(4-2)7-14-8-12-11(15)13-9-14/h10H,3-9H2,1-2H3,(H2,12,13,15)/t10-/m0/s1. The minimum Gasteiger partial charge on any atom is -0.350 e. The Labute approximate surface area is 98.6 Å². The molecule has 2 N–H and O–H groups in total. The molecule has 0 aromatic carbocycles. The fourth-order valence-electron chi connectivity index (χ4n) is 1.90. The van der Waals surface area contributed by atoms with Crippen molar-refractivity contribution in [2.24, 2.45) is 5.92 Å². The van der Waals surface area contributed by atoms with E-state index in [0.717, 1.165) is 24.4 Å². The Bertz CT molecular complexity index is 186. The zero-order valence-electron chi connectivity index (χ0n) is 9.88. The van der Waals surface area contributed by atoms with Crippen molar-refractivity contribution >= 4 is 17.3 Å². The van der Waals surface area contributed by atoms with E-state index < -0.39 is 0 Å². The summed E-state index contributed by atoms with van der Waals surface area (Å²) < 4.78 is 0. The summed E-state index contributed by atoms with van der Waals surface area (Å²) in [5, 5.41) is 7.11. The monoisotopic (exact) mass is 229 g/mol. The molecule has 0 amide bonds. The molecular weight excluding hydrogens is 206 g/mol. The van der Waals surface area contributed by atoms with E-state index in [-0.39, 0.29) is 0 Å². The number of hydrogen-bond donors (Lipinski definition) is 2. The van der Waals surface area contributed by atoms with Gasteiger partial charge in [-0.3, -0.25) is 4.90 Å². The van der Waals surface area contributed by atoms with E-state index in [1.165, 1.54) is 32.2 Å². The zero-order valence-corrected chi connectivity index (χ0v) is 10.7. The maximum absolute atomic E-state index is 5.02. The molecule has 1 heterocycles. The summed E-state index contributed by atoms with van der Waals surface area (Å²) in [4.78, 5) is 2.39. The first kappa shape index (κ1) is 12.7. The van der Waals surface area contributed by atoms with Crippen molar-refractivity contribution in [2.45, 2.75) is 39.5 Å². The van der Waals surface area contributed by atoms with Crippen molar-refractivity contribution in [1.29, 1.82) is 0 Å². The van der Waals surface area contributed by atoms with Crippen LogP contribution < -0.4 is 10.6 Å². The maximum Gasteiger partial charge on any atom is 0.168 e. The number of rotatable bonds is 6. The Morgan fingerprint density at radius 1 is 1.33 bits per heavy atom. The van der Waals surface area contributed by atoms with E-state index in [9.17, 15) is 0 Å². The van der Waals surface area contributed by atoms with Crippen LogP contribution in [0, 0.1) is 5.92 Å². The van der Waals surface area contributed by atoms with E-state index in [4.69, 9.17) is 12.2 Å². The molecule has 0 aromatic heterocycles. The predicted octanol–water partition coefficient (Wildman–Crippen LogP) is 1.90. The molecule has 0 saturated carbocycles. The molecule has 88 valence electrons. The average molecular weight is 229 g/mol. The van der Waals surface area contributed by atoms with Crippen LogP contribution in [-0.2, 0) is 0 Å². The average Bonchev–Trinajstić information content (AvgIpc) is 2.27. The summed E-state index contributed by atoms with van der Waals surface area (Å²) in [5.74, 6) is 0.834. The van der Waals surface area contributed by atoms with Crippen LogP contribution in [0.25, 0.3) is 0 Å². The van der Waals surface area contributed by atoms with Crippen LogP contribution in [0.5, 0.6) is 0 Å². The van der Waals surface area contributed by atoms with Gasteiger partial charge in [0.05, 0.1) is 13.3 Å². The molecule has 3 nitrogen and oxygen atoms in total. The molecular formula is C11H23N3S. The Morgan fingerprint density at radius 3 is 2.53 bits per heavy atom. The number of nitrogens with zero attached hydrogens (tertiary/aromatic N) is 1. The summed E-state index contributed by atoms with van der Waals surface area (Å²) in [7, 11) is 0. The summed E-state index contributed by atoms with van der Waals surface area (Å²) in [6, 6.07) is 0. The molecule has 1 rings (SSSR count). The number of thiocarbonyl (C=S) groups is 1. The fourth-order valence-corrected chi connectivity index (χ4v) is 2.03. The summed E-state index contributed by atoms with van der Waals surface area (Å²) in [5.41, 5.74) is 0. The van der Waals surface area contributed by atoms with E-state index in [0.29, 0.717) is 0 Å². The normalized spacial score (nSPS) is 19.5. The Hall–Kier alpha value is -0.350. The smallest absolute Gasteiger partial charge is 0.168 e. The minimum absolute atomic E-state index is 0.785. The van der Waals surface area contributed by atoms with Crippen LogP contribution in [0.3, 0.4) is 0 Å². The molecule has 1 fully saturated rings. The minimum atomic E-state index is 0.785. The maximum atomic E-state index is 5.02. The molecule has 15 heavy (non-hydrogen) atoms. The summed E-state index contributed by atoms with van der Waals surface area (Å²) in [6.07, 6.45) is 5.29. The quantitative estimate of drug-likeness (QED) is 0.680. The molecule has 0 bridgehead atoms. The third-order valence-electron chi connectivity index (χ3n) is 2.99. The zero-order chi connectivity index (χ0) is 11.1. The predicted molar refractivity (Wildman–Crippen MR) is 68.6 cm³/mol. The van der Waals surface area contributed by atoms with E-state index in [1.54, 1.807) is 0 Å². The van der Waals surface area contributed by atoms with Crippen LogP contribution >= 0.6 is 12.2 Å². The van der Waals surface area contributed by atoms with Crippen LogP contribution in [0.2, 0.25) is 0 Å². The van der Waals surface area contributed by atoms with Gasteiger partial charge < -0.3 is 10.6 Å². The highest BCUT2D eigenvalue weighted by atomic mass is 32.1.